The number of amides is 3. The van der Waals surface area contributed by atoms with E-state index < -0.39 is 17.7 Å². The normalized spacial score (nSPS) is 18.5. The summed E-state index contributed by atoms with van der Waals surface area (Å²) in [6.07, 6.45) is -0.734. The van der Waals surface area contributed by atoms with Gasteiger partial charge in [0.15, 0.2) is 5.54 Å². The Labute approximate surface area is 203 Å². The van der Waals surface area contributed by atoms with Gasteiger partial charge in [0, 0.05) is 6.42 Å². The molecule has 1 heterocycles. The predicted octanol–water partition coefficient (Wildman–Crippen LogP) is 4.27. The van der Waals surface area contributed by atoms with Crippen LogP contribution in [0, 0.1) is 0 Å². The Kier molecular flexibility index (Phi) is 6.21. The van der Waals surface area contributed by atoms with Crippen LogP contribution in [0.1, 0.15) is 11.1 Å². The monoisotopic (exact) mass is 466 g/mol. The molecule has 0 bridgehead atoms. The number of aliphatic hydroxyl groups is 1. The van der Waals surface area contributed by atoms with Gasteiger partial charge in [-0.3, -0.25) is 9.69 Å². The van der Waals surface area contributed by atoms with Gasteiger partial charge < -0.3 is 15.2 Å². The minimum atomic E-state index is -1.24. The standard InChI is InChI=1S/C29H26N2O4/c32-25(20-35-26-16-15-22-11-7-8-12-23(22)17-26)19-31-27(33)29(30-28(31)34,24-13-5-2-6-14-24)18-21-9-3-1-4-10-21/h1-17,25,32H,18-20H2,(H,30,34). The number of nitrogens with zero attached hydrogens (tertiary/aromatic N) is 1. The lowest BCUT2D eigenvalue weighted by Gasteiger charge is -2.28. The van der Waals surface area contributed by atoms with Gasteiger partial charge in [-0.05, 0) is 34.0 Å². The third kappa shape index (κ3) is 4.61. The first-order valence-electron chi connectivity index (χ1n) is 11.6. The van der Waals surface area contributed by atoms with E-state index in [-0.39, 0.29) is 19.1 Å². The van der Waals surface area contributed by atoms with Crippen molar-refractivity contribution in [3.63, 3.8) is 0 Å². The number of ether oxygens (including phenoxy) is 1. The van der Waals surface area contributed by atoms with Gasteiger partial charge in [0.05, 0.1) is 6.54 Å². The van der Waals surface area contributed by atoms with Crippen molar-refractivity contribution < 1.29 is 19.4 Å². The van der Waals surface area contributed by atoms with Crippen LogP contribution in [-0.4, -0.2) is 41.2 Å². The lowest BCUT2D eigenvalue weighted by Crippen LogP contribution is -2.46. The van der Waals surface area contributed by atoms with Crippen molar-refractivity contribution >= 4 is 22.7 Å². The maximum atomic E-state index is 13.7. The molecule has 1 aliphatic rings. The van der Waals surface area contributed by atoms with E-state index in [2.05, 4.69) is 5.32 Å². The van der Waals surface area contributed by atoms with Crippen molar-refractivity contribution in [2.45, 2.75) is 18.1 Å². The number of rotatable bonds is 8. The molecular weight excluding hydrogens is 440 g/mol. The van der Waals surface area contributed by atoms with Gasteiger partial charge in [-0.15, -0.1) is 0 Å². The fourth-order valence-corrected chi connectivity index (χ4v) is 4.55. The predicted molar refractivity (Wildman–Crippen MR) is 134 cm³/mol. The summed E-state index contributed by atoms with van der Waals surface area (Å²) in [5.74, 6) is 0.227. The lowest BCUT2D eigenvalue weighted by atomic mass is 9.83. The van der Waals surface area contributed by atoms with Crippen LogP contribution in [-0.2, 0) is 16.8 Å². The summed E-state index contributed by atoms with van der Waals surface area (Å²) in [4.78, 5) is 27.7. The van der Waals surface area contributed by atoms with Crippen LogP contribution >= 0.6 is 0 Å². The topological polar surface area (TPSA) is 78.9 Å². The van der Waals surface area contributed by atoms with Gasteiger partial charge in [-0.25, -0.2) is 4.79 Å². The van der Waals surface area contributed by atoms with Crippen LogP contribution in [0.5, 0.6) is 5.75 Å². The zero-order valence-corrected chi connectivity index (χ0v) is 19.1. The molecule has 176 valence electrons. The molecule has 6 nitrogen and oxygen atoms in total. The van der Waals surface area contributed by atoms with Crippen LogP contribution in [0.2, 0.25) is 0 Å². The summed E-state index contributed by atoms with van der Waals surface area (Å²) >= 11 is 0. The first-order chi connectivity index (χ1) is 17.0. The van der Waals surface area contributed by atoms with Crippen molar-refractivity contribution in [2.24, 2.45) is 0 Å². The Morgan fingerprint density at radius 1 is 0.829 bits per heavy atom. The molecule has 0 aromatic heterocycles. The quantitative estimate of drug-likeness (QED) is 0.380. The molecular formula is C29H26N2O4. The van der Waals surface area contributed by atoms with Crippen molar-refractivity contribution in [1.82, 2.24) is 10.2 Å². The molecule has 0 aliphatic carbocycles. The number of benzene rings is 4. The minimum absolute atomic E-state index is 0.0492. The largest absolute Gasteiger partial charge is 0.491 e. The number of imide groups is 1. The average Bonchev–Trinajstić information content (AvgIpc) is 3.13. The Bertz CT molecular complexity index is 1340. The van der Waals surface area contributed by atoms with E-state index in [1.54, 1.807) is 0 Å². The van der Waals surface area contributed by atoms with Crippen molar-refractivity contribution in [3.05, 3.63) is 114 Å². The van der Waals surface area contributed by atoms with Gasteiger partial charge in [-0.2, -0.15) is 0 Å². The highest BCUT2D eigenvalue weighted by Crippen LogP contribution is 2.33. The highest BCUT2D eigenvalue weighted by Gasteiger charge is 2.52. The van der Waals surface area contributed by atoms with Gasteiger partial charge >= 0.3 is 6.03 Å². The molecule has 6 heteroatoms. The number of hydrogen-bond acceptors (Lipinski definition) is 4. The third-order valence-electron chi connectivity index (χ3n) is 6.31. The second-order valence-electron chi connectivity index (χ2n) is 8.75. The summed E-state index contributed by atoms with van der Waals surface area (Å²) in [5, 5.41) is 15.7. The van der Waals surface area contributed by atoms with Gasteiger partial charge in [0.25, 0.3) is 5.91 Å². The van der Waals surface area contributed by atoms with Crippen LogP contribution in [0.15, 0.2) is 103 Å². The summed E-state index contributed by atoms with van der Waals surface area (Å²) < 4.78 is 5.77. The van der Waals surface area contributed by atoms with E-state index in [1.807, 2.05) is 103 Å². The summed E-state index contributed by atoms with van der Waals surface area (Å²) in [6.45, 7) is -0.214. The molecule has 5 rings (SSSR count). The smallest absolute Gasteiger partial charge is 0.325 e. The van der Waals surface area contributed by atoms with E-state index in [0.717, 1.165) is 21.2 Å². The Balaban J connectivity index is 1.32. The van der Waals surface area contributed by atoms with Gasteiger partial charge in [0.1, 0.15) is 18.5 Å². The minimum Gasteiger partial charge on any atom is -0.491 e. The second-order valence-corrected chi connectivity index (χ2v) is 8.75. The van der Waals surface area contributed by atoms with E-state index in [9.17, 15) is 14.7 Å². The SMILES string of the molecule is O=C1NC(Cc2ccccc2)(c2ccccc2)C(=O)N1CC(O)COc1ccc2ccccc2c1. The summed E-state index contributed by atoms with van der Waals surface area (Å²) in [5.41, 5.74) is 0.386. The Hall–Kier alpha value is -4.16. The molecule has 2 N–H and O–H groups in total. The molecule has 4 aromatic rings. The summed E-state index contributed by atoms with van der Waals surface area (Å²) in [6, 6.07) is 31.9. The maximum absolute atomic E-state index is 13.7. The molecule has 1 fully saturated rings. The first-order valence-corrected chi connectivity index (χ1v) is 11.6. The van der Waals surface area contributed by atoms with E-state index in [1.165, 1.54) is 0 Å². The van der Waals surface area contributed by atoms with Crippen molar-refractivity contribution in [3.8, 4) is 5.75 Å². The molecule has 2 unspecified atom stereocenters. The first kappa shape index (κ1) is 22.6. The van der Waals surface area contributed by atoms with Crippen LogP contribution in [0.4, 0.5) is 4.79 Å². The number of β-amino-alcohol motifs (C(OH)–C–C–N with tert-alkyl or cyclic N) is 1. The average molecular weight is 467 g/mol. The Morgan fingerprint density at radius 2 is 1.49 bits per heavy atom. The fraction of sp³-hybridized carbons (Fsp3) is 0.172. The number of fused-ring (bicyclic) bond motifs is 1. The number of aliphatic hydroxyl groups excluding tert-OH is 1. The zero-order chi connectivity index (χ0) is 24.3. The van der Waals surface area contributed by atoms with E-state index >= 15 is 0 Å². The zero-order valence-electron chi connectivity index (χ0n) is 19.1. The molecule has 4 aromatic carbocycles. The molecule has 1 saturated heterocycles. The molecule has 0 spiro atoms. The highest BCUT2D eigenvalue weighted by atomic mass is 16.5. The lowest BCUT2D eigenvalue weighted by molar-refractivity contribution is -0.132. The van der Waals surface area contributed by atoms with Gasteiger partial charge in [0.2, 0.25) is 0 Å². The molecule has 1 aliphatic heterocycles. The third-order valence-corrected chi connectivity index (χ3v) is 6.31. The molecule has 3 amide bonds. The molecule has 2 atom stereocenters. The second kappa shape index (κ2) is 9.60. The number of carbonyl (C=O) groups is 2. The maximum Gasteiger partial charge on any atom is 0.325 e. The Morgan fingerprint density at radius 3 is 2.23 bits per heavy atom. The number of hydrogen-bond donors (Lipinski definition) is 2. The van der Waals surface area contributed by atoms with Crippen molar-refractivity contribution in [1.29, 1.82) is 0 Å². The van der Waals surface area contributed by atoms with Crippen LogP contribution < -0.4 is 10.1 Å². The molecule has 0 radical (unpaired) electrons. The molecule has 35 heavy (non-hydrogen) atoms. The van der Waals surface area contributed by atoms with Crippen LogP contribution in [0.3, 0.4) is 0 Å². The van der Waals surface area contributed by atoms with E-state index in [4.69, 9.17) is 4.74 Å². The number of urea groups is 1. The summed E-state index contributed by atoms with van der Waals surface area (Å²) in [7, 11) is 0. The highest BCUT2D eigenvalue weighted by molar-refractivity contribution is 6.07. The van der Waals surface area contributed by atoms with Crippen molar-refractivity contribution in [2.75, 3.05) is 13.2 Å². The van der Waals surface area contributed by atoms with Gasteiger partial charge in [-0.1, -0.05) is 91.0 Å². The fourth-order valence-electron chi connectivity index (χ4n) is 4.55. The molecule has 0 saturated carbocycles. The number of nitrogens with one attached hydrogen (secondary N) is 1. The number of carbonyl (C=O) groups excluding carboxylic acids is 2. The van der Waals surface area contributed by atoms with E-state index in [0.29, 0.717) is 17.7 Å². The van der Waals surface area contributed by atoms with Crippen LogP contribution in [0.25, 0.3) is 10.8 Å².